The average Bonchev–Trinajstić information content (AvgIpc) is 2.35. The molecule has 0 bridgehead atoms. The molecule has 0 aliphatic rings. The van der Waals surface area contributed by atoms with Gasteiger partial charge >= 0.3 is 0 Å². The maximum atomic E-state index is 2.51. The SMILES string of the molecule is CC(C)N(Cc1ccc(C(I)=CI)cc1)C(C)C. The van der Waals surface area contributed by atoms with Crippen LogP contribution in [0.5, 0.6) is 0 Å². The average molecular weight is 469 g/mol. The third-order valence-electron chi connectivity index (χ3n) is 3.02. The third-order valence-corrected chi connectivity index (χ3v) is 5.77. The largest absolute Gasteiger partial charge is 0.294 e. The Kier molecular flexibility index (Phi) is 7.16. The molecule has 0 fully saturated rings. The fourth-order valence-electron chi connectivity index (χ4n) is 2.00. The first-order valence-electron chi connectivity index (χ1n) is 6.26. The molecule has 0 aromatic heterocycles. The lowest BCUT2D eigenvalue weighted by atomic mass is 10.1. The van der Waals surface area contributed by atoms with Crippen molar-refractivity contribution in [3.05, 3.63) is 39.5 Å². The summed E-state index contributed by atoms with van der Waals surface area (Å²) in [6.07, 6.45) is 0. The first kappa shape index (κ1) is 16.4. The van der Waals surface area contributed by atoms with Crippen LogP contribution in [0.4, 0.5) is 0 Å². The zero-order valence-corrected chi connectivity index (χ0v) is 15.8. The lowest BCUT2D eigenvalue weighted by Crippen LogP contribution is -2.36. The summed E-state index contributed by atoms with van der Waals surface area (Å²) in [5, 5.41) is 0. The summed E-state index contributed by atoms with van der Waals surface area (Å²) in [6, 6.07) is 10.1. The Bertz CT molecular complexity index is 385. The van der Waals surface area contributed by atoms with Gasteiger partial charge in [0.05, 0.1) is 0 Å². The summed E-state index contributed by atoms with van der Waals surface area (Å²) in [5.74, 6) is 0. The molecule has 1 aromatic rings. The second-order valence-corrected chi connectivity index (χ2v) is 6.80. The maximum absolute atomic E-state index is 2.51. The minimum atomic E-state index is 0.582. The maximum Gasteiger partial charge on any atom is 0.0263 e. The van der Waals surface area contributed by atoms with E-state index in [1.165, 1.54) is 14.7 Å². The number of nitrogens with zero attached hydrogens (tertiary/aromatic N) is 1. The van der Waals surface area contributed by atoms with Crippen molar-refractivity contribution in [3.8, 4) is 0 Å². The van der Waals surface area contributed by atoms with Crippen LogP contribution in [0.2, 0.25) is 0 Å². The van der Waals surface area contributed by atoms with Crippen LogP contribution < -0.4 is 0 Å². The molecule has 1 aromatic carbocycles. The quantitative estimate of drug-likeness (QED) is 0.517. The van der Waals surface area contributed by atoms with E-state index >= 15 is 0 Å². The van der Waals surface area contributed by atoms with E-state index in [4.69, 9.17) is 0 Å². The zero-order chi connectivity index (χ0) is 13.7. The van der Waals surface area contributed by atoms with Crippen LogP contribution in [0.3, 0.4) is 0 Å². The van der Waals surface area contributed by atoms with Crippen molar-refractivity contribution in [3.63, 3.8) is 0 Å². The van der Waals surface area contributed by atoms with Crippen LogP contribution in [0.25, 0.3) is 3.58 Å². The third kappa shape index (κ3) is 4.81. The van der Waals surface area contributed by atoms with E-state index in [1.54, 1.807) is 0 Å². The van der Waals surface area contributed by atoms with Crippen molar-refractivity contribution >= 4 is 48.8 Å². The molecule has 1 nitrogen and oxygen atoms in total. The molecule has 3 heteroatoms. The van der Waals surface area contributed by atoms with Crippen LogP contribution in [-0.4, -0.2) is 17.0 Å². The van der Waals surface area contributed by atoms with Crippen molar-refractivity contribution in [2.45, 2.75) is 46.3 Å². The van der Waals surface area contributed by atoms with E-state index in [2.05, 4.69) is 106 Å². The summed E-state index contributed by atoms with van der Waals surface area (Å²) in [5.41, 5.74) is 2.69. The van der Waals surface area contributed by atoms with Crippen LogP contribution in [0.15, 0.2) is 28.3 Å². The molecular formula is C15H21I2N. The Morgan fingerprint density at radius 2 is 1.61 bits per heavy atom. The van der Waals surface area contributed by atoms with Gasteiger partial charge in [-0.1, -0.05) is 46.9 Å². The van der Waals surface area contributed by atoms with E-state index in [9.17, 15) is 0 Å². The van der Waals surface area contributed by atoms with Gasteiger partial charge in [-0.2, -0.15) is 0 Å². The number of hydrogen-bond acceptors (Lipinski definition) is 1. The fraction of sp³-hybridized carbons (Fsp3) is 0.467. The van der Waals surface area contributed by atoms with Gasteiger partial charge in [0.15, 0.2) is 0 Å². The van der Waals surface area contributed by atoms with Gasteiger partial charge in [0.1, 0.15) is 0 Å². The van der Waals surface area contributed by atoms with Gasteiger partial charge in [0.2, 0.25) is 0 Å². The summed E-state index contributed by atoms with van der Waals surface area (Å²) in [4.78, 5) is 2.51. The predicted molar refractivity (Wildman–Crippen MR) is 98.3 cm³/mol. The molecule has 0 radical (unpaired) electrons. The molecule has 0 heterocycles. The number of rotatable bonds is 5. The van der Waals surface area contributed by atoms with Crippen molar-refractivity contribution < 1.29 is 0 Å². The molecule has 1 rings (SSSR count). The molecule has 0 spiro atoms. The molecule has 0 N–H and O–H groups in total. The number of hydrogen-bond donors (Lipinski definition) is 0. The predicted octanol–water partition coefficient (Wildman–Crippen LogP) is 5.47. The monoisotopic (exact) mass is 469 g/mol. The highest BCUT2D eigenvalue weighted by atomic mass is 127. The van der Waals surface area contributed by atoms with Crippen molar-refractivity contribution in [2.75, 3.05) is 0 Å². The Morgan fingerprint density at radius 1 is 1.11 bits per heavy atom. The summed E-state index contributed by atoms with van der Waals surface area (Å²) in [7, 11) is 0. The topological polar surface area (TPSA) is 3.24 Å². The minimum Gasteiger partial charge on any atom is -0.294 e. The highest BCUT2D eigenvalue weighted by molar-refractivity contribution is 14.1. The molecule has 0 aliphatic heterocycles. The number of halogens is 2. The van der Waals surface area contributed by atoms with E-state index < -0.39 is 0 Å². The second-order valence-electron chi connectivity index (χ2n) is 5.01. The molecule has 0 atom stereocenters. The van der Waals surface area contributed by atoms with Gasteiger partial charge in [0.25, 0.3) is 0 Å². The Labute approximate surface area is 138 Å². The summed E-state index contributed by atoms with van der Waals surface area (Å²) >= 11 is 4.66. The molecule has 0 saturated heterocycles. The van der Waals surface area contributed by atoms with Crippen molar-refractivity contribution in [1.29, 1.82) is 0 Å². The van der Waals surface area contributed by atoms with Gasteiger partial charge in [-0.15, -0.1) is 0 Å². The van der Waals surface area contributed by atoms with Gasteiger partial charge < -0.3 is 0 Å². The van der Waals surface area contributed by atoms with Crippen LogP contribution in [0, 0.1) is 0 Å². The first-order chi connectivity index (χ1) is 8.45. The molecule has 100 valence electrons. The minimum absolute atomic E-state index is 0.582. The number of benzene rings is 1. The highest BCUT2D eigenvalue weighted by Gasteiger charge is 2.13. The van der Waals surface area contributed by atoms with Crippen molar-refractivity contribution in [2.24, 2.45) is 0 Å². The van der Waals surface area contributed by atoms with Gasteiger partial charge in [-0.3, -0.25) is 4.90 Å². The first-order valence-corrected chi connectivity index (χ1v) is 8.59. The van der Waals surface area contributed by atoms with Gasteiger partial charge in [0, 0.05) is 22.2 Å². The lowest BCUT2D eigenvalue weighted by molar-refractivity contribution is 0.166. The summed E-state index contributed by atoms with van der Waals surface area (Å²) in [6.45, 7) is 10.1. The van der Waals surface area contributed by atoms with E-state index in [0.717, 1.165) is 6.54 Å². The van der Waals surface area contributed by atoms with Crippen LogP contribution >= 0.6 is 45.2 Å². The highest BCUT2D eigenvalue weighted by Crippen LogP contribution is 2.24. The van der Waals surface area contributed by atoms with Crippen LogP contribution in [0.1, 0.15) is 38.8 Å². The van der Waals surface area contributed by atoms with E-state index in [-0.39, 0.29) is 0 Å². The molecule has 0 aliphatic carbocycles. The fourth-order valence-corrected chi connectivity index (χ4v) is 2.72. The van der Waals surface area contributed by atoms with Crippen LogP contribution in [-0.2, 0) is 6.54 Å². The smallest absolute Gasteiger partial charge is 0.0263 e. The van der Waals surface area contributed by atoms with Gasteiger partial charge in [-0.05, 0) is 65.5 Å². The Balaban J connectivity index is 2.80. The van der Waals surface area contributed by atoms with E-state index in [0.29, 0.717) is 12.1 Å². The molecule has 0 amide bonds. The standard InChI is InChI=1S/C15H21I2N/c1-11(2)18(12(3)4)10-13-5-7-14(8-6-13)15(17)9-16/h5-9,11-12H,10H2,1-4H3. The lowest BCUT2D eigenvalue weighted by Gasteiger charge is -2.30. The summed E-state index contributed by atoms with van der Waals surface area (Å²) < 4.78 is 3.41. The normalized spacial score (nSPS) is 12.8. The Morgan fingerprint density at radius 3 is 2.00 bits per heavy atom. The van der Waals surface area contributed by atoms with Gasteiger partial charge in [-0.25, -0.2) is 0 Å². The second kappa shape index (κ2) is 7.85. The van der Waals surface area contributed by atoms with Crippen molar-refractivity contribution in [1.82, 2.24) is 4.90 Å². The van der Waals surface area contributed by atoms with E-state index in [1.807, 2.05) is 0 Å². The molecule has 18 heavy (non-hydrogen) atoms. The molecular weight excluding hydrogens is 448 g/mol. The Hall–Kier alpha value is 0.380. The molecule has 0 unspecified atom stereocenters. The molecule has 0 saturated carbocycles. The zero-order valence-electron chi connectivity index (χ0n) is 11.5.